The molecule has 2 amide bonds. The summed E-state index contributed by atoms with van der Waals surface area (Å²) in [6.07, 6.45) is 8.61. The van der Waals surface area contributed by atoms with Crippen molar-refractivity contribution < 1.29 is 23.8 Å². The van der Waals surface area contributed by atoms with Gasteiger partial charge < -0.3 is 24.5 Å². The highest BCUT2D eigenvalue weighted by molar-refractivity contribution is 5.79. The number of carbonyl (C=O) groups is 2. The quantitative estimate of drug-likeness (QED) is 0.272. The van der Waals surface area contributed by atoms with E-state index in [1.807, 2.05) is 11.0 Å². The first-order valence-electron chi connectivity index (χ1n) is 17.2. The molecule has 1 saturated carbocycles. The molecule has 3 aliphatic heterocycles. The summed E-state index contributed by atoms with van der Waals surface area (Å²) < 4.78 is 11.1. The van der Waals surface area contributed by atoms with E-state index in [1.54, 1.807) is 13.1 Å². The molecule has 0 spiro atoms. The number of piperazine rings is 1. The first kappa shape index (κ1) is 32.9. The Bertz CT molecular complexity index is 1300. The SMILES string of the molecule is CCC1C(C(=O)NC[C@H](O)CN2CCc3cc(OCc4cnco4)ccc3C2)CC(NC2CCC2)NC1N1CCN(C(C)=O)CC1. The normalized spacial score (nSPS) is 26.6. The number of piperidine rings is 1. The van der Waals surface area contributed by atoms with Crippen molar-refractivity contribution in [3.05, 3.63) is 47.7 Å². The summed E-state index contributed by atoms with van der Waals surface area (Å²) in [5.41, 5.74) is 2.49. The Hall–Kier alpha value is -3.03. The van der Waals surface area contributed by atoms with E-state index in [9.17, 15) is 14.7 Å². The molecule has 6 rings (SSSR count). The molecule has 0 radical (unpaired) electrons. The Kier molecular flexibility index (Phi) is 10.9. The molecule has 2 aromatic rings. The van der Waals surface area contributed by atoms with Crippen molar-refractivity contribution >= 4 is 11.8 Å². The fourth-order valence-electron chi connectivity index (χ4n) is 7.54. The maximum Gasteiger partial charge on any atom is 0.223 e. The van der Waals surface area contributed by atoms with Gasteiger partial charge in [-0.05, 0) is 61.3 Å². The van der Waals surface area contributed by atoms with Gasteiger partial charge in [0, 0.05) is 71.2 Å². The number of carbonyl (C=O) groups excluding carboxylic acids is 2. The molecule has 4 heterocycles. The van der Waals surface area contributed by atoms with Crippen LogP contribution in [0.1, 0.15) is 62.8 Å². The van der Waals surface area contributed by atoms with Crippen LogP contribution in [0.3, 0.4) is 0 Å². The number of nitrogens with zero attached hydrogens (tertiary/aromatic N) is 4. The first-order valence-corrected chi connectivity index (χ1v) is 17.2. The molecule has 12 nitrogen and oxygen atoms in total. The Morgan fingerprint density at radius 1 is 1.17 bits per heavy atom. The highest BCUT2D eigenvalue weighted by atomic mass is 16.5. The highest BCUT2D eigenvalue weighted by Gasteiger charge is 2.44. The van der Waals surface area contributed by atoms with Gasteiger partial charge in [-0.1, -0.05) is 19.4 Å². The summed E-state index contributed by atoms with van der Waals surface area (Å²) in [4.78, 5) is 36.2. The van der Waals surface area contributed by atoms with Crippen molar-refractivity contribution in [1.29, 1.82) is 0 Å². The minimum absolute atomic E-state index is 0.0297. The van der Waals surface area contributed by atoms with E-state index in [-0.39, 0.29) is 42.5 Å². The zero-order chi connectivity index (χ0) is 32.0. The number of β-amino-alcohol motifs (C(OH)–C–C–N with tert-alkyl or cyclic N) is 1. The molecule has 4 aliphatic rings. The molecule has 252 valence electrons. The van der Waals surface area contributed by atoms with Gasteiger partial charge in [-0.15, -0.1) is 0 Å². The lowest BCUT2D eigenvalue weighted by atomic mass is 9.79. The van der Waals surface area contributed by atoms with Gasteiger partial charge >= 0.3 is 0 Å². The van der Waals surface area contributed by atoms with E-state index >= 15 is 0 Å². The standard InChI is InChI=1S/C34H51N7O5/c1-3-30-31(16-32(37-26-5-4-6-26)38-33(30)41-13-11-40(12-14-41)23(2)42)34(44)36-17-27(43)20-39-10-9-24-15-28(8-7-25(24)19-39)45-21-29-18-35-22-46-29/h7-8,15,18,22,26-27,30-33,37-38,43H,3-6,9-14,16-17,19-21H2,1-2H3,(H,36,44)/t27-,30?,31?,32?,33?/m0/s1. The van der Waals surface area contributed by atoms with Crippen LogP contribution >= 0.6 is 0 Å². The summed E-state index contributed by atoms with van der Waals surface area (Å²) in [5.74, 6) is 1.63. The van der Waals surface area contributed by atoms with Crippen LogP contribution in [-0.2, 0) is 29.2 Å². The second-order valence-corrected chi connectivity index (χ2v) is 13.5. The van der Waals surface area contributed by atoms with Crippen molar-refractivity contribution in [1.82, 2.24) is 35.6 Å². The number of nitrogens with one attached hydrogen (secondary N) is 3. The summed E-state index contributed by atoms with van der Waals surface area (Å²) in [6.45, 7) is 9.50. The molecular formula is C34H51N7O5. The predicted octanol–water partition coefficient (Wildman–Crippen LogP) is 1.68. The number of hydrogen-bond donors (Lipinski definition) is 4. The van der Waals surface area contributed by atoms with Crippen LogP contribution in [0.25, 0.3) is 0 Å². The van der Waals surface area contributed by atoms with Gasteiger partial charge in [-0.3, -0.25) is 30.0 Å². The molecule has 1 aromatic carbocycles. The lowest BCUT2D eigenvalue weighted by molar-refractivity contribution is -0.134. The van der Waals surface area contributed by atoms with E-state index < -0.39 is 6.10 Å². The Balaban J connectivity index is 1.01. The third-order valence-electron chi connectivity index (χ3n) is 10.4. The summed E-state index contributed by atoms with van der Waals surface area (Å²) in [6, 6.07) is 6.66. The molecule has 46 heavy (non-hydrogen) atoms. The average molecular weight is 638 g/mol. The zero-order valence-corrected chi connectivity index (χ0v) is 27.3. The van der Waals surface area contributed by atoms with Crippen LogP contribution < -0.4 is 20.7 Å². The third kappa shape index (κ3) is 8.09. The number of fused-ring (bicyclic) bond motifs is 1. The number of rotatable bonds is 12. The van der Waals surface area contributed by atoms with Crippen molar-refractivity contribution in [2.75, 3.05) is 45.8 Å². The second kappa shape index (κ2) is 15.2. The number of ether oxygens (including phenoxy) is 1. The fourth-order valence-corrected chi connectivity index (χ4v) is 7.54. The van der Waals surface area contributed by atoms with Crippen LogP contribution in [0.4, 0.5) is 0 Å². The van der Waals surface area contributed by atoms with Crippen molar-refractivity contribution in [2.24, 2.45) is 11.8 Å². The van der Waals surface area contributed by atoms with Gasteiger partial charge in [-0.25, -0.2) is 4.98 Å². The monoisotopic (exact) mass is 637 g/mol. The van der Waals surface area contributed by atoms with Crippen LogP contribution in [0.15, 0.2) is 35.2 Å². The predicted molar refractivity (Wildman–Crippen MR) is 172 cm³/mol. The van der Waals surface area contributed by atoms with E-state index in [4.69, 9.17) is 9.15 Å². The maximum absolute atomic E-state index is 13.8. The molecule has 4 unspecified atom stereocenters. The minimum Gasteiger partial charge on any atom is -0.486 e. The minimum atomic E-state index is -0.656. The molecule has 3 fully saturated rings. The Morgan fingerprint density at radius 3 is 2.70 bits per heavy atom. The molecule has 4 N–H and O–H groups in total. The third-order valence-corrected chi connectivity index (χ3v) is 10.4. The van der Waals surface area contributed by atoms with E-state index in [0.717, 1.165) is 51.2 Å². The van der Waals surface area contributed by atoms with Gasteiger partial charge in [0.25, 0.3) is 0 Å². The number of benzene rings is 1. The number of aliphatic hydroxyl groups excluding tert-OH is 1. The second-order valence-electron chi connectivity index (χ2n) is 13.5. The largest absolute Gasteiger partial charge is 0.486 e. The van der Waals surface area contributed by atoms with Crippen LogP contribution in [0.5, 0.6) is 5.75 Å². The van der Waals surface area contributed by atoms with Gasteiger partial charge in [0.2, 0.25) is 11.8 Å². The number of amides is 2. The molecule has 5 atom stereocenters. The summed E-state index contributed by atoms with van der Waals surface area (Å²) >= 11 is 0. The molecule has 1 aliphatic carbocycles. The highest BCUT2D eigenvalue weighted by Crippen LogP contribution is 2.33. The van der Waals surface area contributed by atoms with Gasteiger partial charge in [0.15, 0.2) is 12.2 Å². The smallest absolute Gasteiger partial charge is 0.223 e. The zero-order valence-electron chi connectivity index (χ0n) is 27.3. The summed E-state index contributed by atoms with van der Waals surface area (Å²) in [5, 5.41) is 21.8. The fraction of sp³-hybridized carbons (Fsp3) is 0.676. The average Bonchev–Trinajstić information content (AvgIpc) is 3.58. The molecule has 2 saturated heterocycles. The number of aliphatic hydroxyl groups is 1. The lowest BCUT2D eigenvalue weighted by Gasteiger charge is -2.50. The molecule has 12 heteroatoms. The molecule has 1 aromatic heterocycles. The number of aromatic nitrogens is 1. The molecule has 0 bridgehead atoms. The van der Waals surface area contributed by atoms with Crippen LogP contribution in [0.2, 0.25) is 0 Å². The van der Waals surface area contributed by atoms with E-state index in [0.29, 0.717) is 38.0 Å². The van der Waals surface area contributed by atoms with E-state index in [1.165, 1.54) is 36.8 Å². The van der Waals surface area contributed by atoms with Gasteiger partial charge in [-0.2, -0.15) is 0 Å². The van der Waals surface area contributed by atoms with Crippen molar-refractivity contribution in [3.63, 3.8) is 0 Å². The summed E-state index contributed by atoms with van der Waals surface area (Å²) in [7, 11) is 0. The topological polar surface area (TPSA) is 135 Å². The molecular weight excluding hydrogens is 586 g/mol. The maximum atomic E-state index is 13.8. The van der Waals surface area contributed by atoms with Crippen molar-refractivity contribution in [3.8, 4) is 5.75 Å². The Morgan fingerprint density at radius 2 is 2.00 bits per heavy atom. The first-order chi connectivity index (χ1) is 22.4. The van der Waals surface area contributed by atoms with Crippen molar-refractivity contribution in [2.45, 2.75) is 90.0 Å². The van der Waals surface area contributed by atoms with Crippen LogP contribution in [-0.4, -0.2) is 107 Å². The van der Waals surface area contributed by atoms with E-state index in [2.05, 4.69) is 49.8 Å². The lowest BCUT2D eigenvalue weighted by Crippen LogP contribution is -2.68. The van der Waals surface area contributed by atoms with Crippen LogP contribution in [0, 0.1) is 11.8 Å². The van der Waals surface area contributed by atoms with Gasteiger partial charge in [0.1, 0.15) is 12.4 Å². The Labute approximate surface area is 272 Å². The number of oxazole rings is 1. The van der Waals surface area contributed by atoms with Gasteiger partial charge in [0.05, 0.1) is 24.6 Å². The number of hydrogen-bond acceptors (Lipinski definition) is 10.